The van der Waals surface area contributed by atoms with Crippen LogP contribution in [0.25, 0.3) is 0 Å². The molecular formula is C25H27N3O5S2. The molecule has 1 saturated heterocycles. The van der Waals surface area contributed by atoms with Crippen LogP contribution in [0.1, 0.15) is 34.3 Å². The Bertz CT molecular complexity index is 1460. The van der Waals surface area contributed by atoms with Crippen LogP contribution in [0.5, 0.6) is 0 Å². The highest BCUT2D eigenvalue weighted by molar-refractivity contribution is 7.92. The minimum Gasteiger partial charge on any atom is -0.322 e. The molecule has 0 unspecified atom stereocenters. The van der Waals surface area contributed by atoms with E-state index in [0.29, 0.717) is 30.0 Å². The van der Waals surface area contributed by atoms with Crippen molar-refractivity contribution in [2.45, 2.75) is 36.5 Å². The van der Waals surface area contributed by atoms with E-state index in [-0.39, 0.29) is 15.4 Å². The first-order valence-corrected chi connectivity index (χ1v) is 14.1. The van der Waals surface area contributed by atoms with Crippen molar-refractivity contribution in [3.63, 3.8) is 0 Å². The number of nitrogens with one attached hydrogen (secondary N) is 2. The molecule has 1 aliphatic heterocycles. The molecule has 0 atom stereocenters. The summed E-state index contributed by atoms with van der Waals surface area (Å²) in [5.41, 5.74) is 2.64. The van der Waals surface area contributed by atoms with Crippen LogP contribution in [0.2, 0.25) is 0 Å². The number of rotatable bonds is 7. The molecule has 8 nitrogen and oxygen atoms in total. The van der Waals surface area contributed by atoms with Crippen molar-refractivity contribution in [3.8, 4) is 0 Å². The van der Waals surface area contributed by atoms with Gasteiger partial charge in [0.25, 0.3) is 15.9 Å². The number of sulfonamides is 2. The van der Waals surface area contributed by atoms with Gasteiger partial charge < -0.3 is 5.32 Å². The van der Waals surface area contributed by atoms with Crippen LogP contribution in [-0.4, -0.2) is 40.1 Å². The maximum atomic E-state index is 12.9. The minimum atomic E-state index is -3.80. The Labute approximate surface area is 206 Å². The van der Waals surface area contributed by atoms with E-state index >= 15 is 0 Å². The second-order valence-corrected chi connectivity index (χ2v) is 12.2. The first-order chi connectivity index (χ1) is 16.6. The Morgan fingerprint density at radius 3 is 2.11 bits per heavy atom. The zero-order valence-corrected chi connectivity index (χ0v) is 21.1. The van der Waals surface area contributed by atoms with E-state index in [9.17, 15) is 21.6 Å². The molecule has 3 aromatic carbocycles. The summed E-state index contributed by atoms with van der Waals surface area (Å²) in [5.74, 6) is -0.477. The van der Waals surface area contributed by atoms with Crippen LogP contribution in [0.4, 0.5) is 11.4 Å². The van der Waals surface area contributed by atoms with Crippen molar-refractivity contribution in [3.05, 3.63) is 83.4 Å². The van der Waals surface area contributed by atoms with E-state index in [4.69, 9.17) is 0 Å². The molecule has 1 amide bonds. The van der Waals surface area contributed by atoms with Gasteiger partial charge in [0, 0.05) is 30.0 Å². The Morgan fingerprint density at radius 2 is 1.46 bits per heavy atom. The summed E-state index contributed by atoms with van der Waals surface area (Å²) in [6.45, 7) is 4.56. The van der Waals surface area contributed by atoms with Gasteiger partial charge in [-0.2, -0.15) is 4.31 Å². The number of anilines is 2. The van der Waals surface area contributed by atoms with E-state index < -0.39 is 26.0 Å². The van der Waals surface area contributed by atoms with Crippen LogP contribution in [0.15, 0.2) is 76.5 Å². The van der Waals surface area contributed by atoms with Gasteiger partial charge in [0.2, 0.25) is 10.0 Å². The van der Waals surface area contributed by atoms with Gasteiger partial charge in [-0.1, -0.05) is 18.2 Å². The highest BCUT2D eigenvalue weighted by atomic mass is 32.2. The van der Waals surface area contributed by atoms with Crippen LogP contribution >= 0.6 is 0 Å². The average molecular weight is 514 g/mol. The molecule has 4 rings (SSSR count). The second kappa shape index (κ2) is 9.80. The fraction of sp³-hybridized carbons (Fsp3) is 0.240. The predicted molar refractivity (Wildman–Crippen MR) is 136 cm³/mol. The molecule has 1 heterocycles. The molecule has 1 fully saturated rings. The molecule has 0 aliphatic carbocycles. The molecule has 0 radical (unpaired) electrons. The van der Waals surface area contributed by atoms with Gasteiger partial charge >= 0.3 is 0 Å². The number of hydrogen-bond donors (Lipinski definition) is 2. The van der Waals surface area contributed by atoms with Gasteiger partial charge in [-0.25, -0.2) is 16.8 Å². The van der Waals surface area contributed by atoms with Crippen molar-refractivity contribution in [1.29, 1.82) is 0 Å². The summed E-state index contributed by atoms with van der Waals surface area (Å²) in [6.07, 6.45) is 1.65. The second-order valence-electron chi connectivity index (χ2n) is 8.54. The van der Waals surface area contributed by atoms with Crippen molar-refractivity contribution in [2.24, 2.45) is 0 Å². The summed E-state index contributed by atoms with van der Waals surface area (Å²) in [4.78, 5) is 13.1. The smallest absolute Gasteiger partial charge is 0.261 e. The van der Waals surface area contributed by atoms with E-state index in [0.717, 1.165) is 18.4 Å². The lowest BCUT2D eigenvalue weighted by Crippen LogP contribution is -2.28. The van der Waals surface area contributed by atoms with Gasteiger partial charge in [-0.3, -0.25) is 9.52 Å². The number of benzene rings is 3. The molecule has 0 spiro atoms. The van der Waals surface area contributed by atoms with Gasteiger partial charge in [0.1, 0.15) is 0 Å². The number of carbonyl (C=O) groups excluding carboxylic acids is 1. The van der Waals surface area contributed by atoms with Gasteiger partial charge in [0.05, 0.1) is 9.79 Å². The largest absolute Gasteiger partial charge is 0.322 e. The molecule has 2 N–H and O–H groups in total. The van der Waals surface area contributed by atoms with Gasteiger partial charge in [-0.15, -0.1) is 0 Å². The maximum absolute atomic E-state index is 12.9. The number of carbonyl (C=O) groups is 1. The Morgan fingerprint density at radius 1 is 0.800 bits per heavy atom. The van der Waals surface area contributed by atoms with E-state index in [1.54, 1.807) is 31.2 Å². The lowest BCUT2D eigenvalue weighted by molar-refractivity contribution is 0.102. The van der Waals surface area contributed by atoms with Gasteiger partial charge in [-0.05, 0) is 86.3 Å². The third kappa shape index (κ3) is 5.55. The SMILES string of the molecule is Cc1cccc(NS(=O)(=O)c2ccc(NC(=O)c3cc(S(=O)(=O)N4CCCC4)ccc3C)cc2)c1. The fourth-order valence-electron chi connectivity index (χ4n) is 3.92. The zero-order valence-electron chi connectivity index (χ0n) is 19.5. The normalized spacial score (nSPS) is 14.6. The Balaban J connectivity index is 1.50. The first kappa shape index (κ1) is 24.9. The molecule has 3 aromatic rings. The third-order valence-corrected chi connectivity index (χ3v) is 9.14. The lowest BCUT2D eigenvalue weighted by atomic mass is 10.1. The Kier molecular flexibility index (Phi) is 6.98. The zero-order chi connectivity index (χ0) is 25.2. The maximum Gasteiger partial charge on any atom is 0.261 e. The van der Waals surface area contributed by atoms with Gasteiger partial charge in [0.15, 0.2) is 0 Å². The van der Waals surface area contributed by atoms with Crippen LogP contribution < -0.4 is 10.0 Å². The summed E-state index contributed by atoms with van der Waals surface area (Å²) >= 11 is 0. The van der Waals surface area contributed by atoms with Crippen molar-refractivity contribution in [2.75, 3.05) is 23.1 Å². The first-order valence-electron chi connectivity index (χ1n) is 11.2. The molecule has 0 aromatic heterocycles. The molecular weight excluding hydrogens is 486 g/mol. The summed E-state index contributed by atoms with van der Waals surface area (Å²) in [5, 5.41) is 2.72. The fourth-order valence-corrected chi connectivity index (χ4v) is 6.52. The average Bonchev–Trinajstić information content (AvgIpc) is 3.35. The van der Waals surface area contributed by atoms with E-state index in [1.807, 2.05) is 13.0 Å². The topological polar surface area (TPSA) is 113 Å². The summed E-state index contributed by atoms with van der Waals surface area (Å²) < 4.78 is 55.1. The molecule has 35 heavy (non-hydrogen) atoms. The molecule has 184 valence electrons. The molecule has 0 bridgehead atoms. The van der Waals surface area contributed by atoms with Crippen LogP contribution in [0.3, 0.4) is 0 Å². The molecule has 10 heteroatoms. The molecule has 0 saturated carbocycles. The number of amides is 1. The lowest BCUT2D eigenvalue weighted by Gasteiger charge is -2.17. The molecule has 1 aliphatic rings. The van der Waals surface area contributed by atoms with E-state index in [1.165, 1.54) is 40.7 Å². The van der Waals surface area contributed by atoms with Crippen LogP contribution in [-0.2, 0) is 20.0 Å². The number of hydrogen-bond acceptors (Lipinski definition) is 5. The third-order valence-electron chi connectivity index (χ3n) is 5.85. The monoisotopic (exact) mass is 513 g/mol. The summed E-state index contributed by atoms with van der Waals surface area (Å²) in [6, 6.07) is 17.3. The highest BCUT2D eigenvalue weighted by Crippen LogP contribution is 2.24. The standard InChI is InChI=1S/C25H27N3O5S2/c1-18-6-5-7-21(16-18)27-34(30,31)22-12-9-20(10-13-22)26-25(29)24-17-23(11-8-19(24)2)35(32,33)28-14-3-4-15-28/h5-13,16-17,27H,3-4,14-15H2,1-2H3,(H,26,29). The predicted octanol–water partition coefficient (Wildman–Crippen LogP) is 4.14. The Hall–Kier alpha value is -3.21. The van der Waals surface area contributed by atoms with Crippen LogP contribution in [0, 0.1) is 13.8 Å². The highest BCUT2D eigenvalue weighted by Gasteiger charge is 2.28. The van der Waals surface area contributed by atoms with Crippen molar-refractivity contribution in [1.82, 2.24) is 4.31 Å². The van der Waals surface area contributed by atoms with E-state index in [2.05, 4.69) is 10.0 Å². The number of aryl methyl sites for hydroxylation is 2. The van der Waals surface area contributed by atoms with Crippen molar-refractivity contribution < 1.29 is 21.6 Å². The number of nitrogens with zero attached hydrogens (tertiary/aromatic N) is 1. The minimum absolute atomic E-state index is 0.0480. The quantitative estimate of drug-likeness (QED) is 0.493. The summed E-state index contributed by atoms with van der Waals surface area (Å²) in [7, 11) is -7.45. The van der Waals surface area contributed by atoms with Crippen molar-refractivity contribution >= 4 is 37.3 Å².